The van der Waals surface area contributed by atoms with Crippen LogP contribution in [0.4, 0.5) is 0 Å². The fourth-order valence-corrected chi connectivity index (χ4v) is 0.586. The van der Waals surface area contributed by atoms with Crippen LogP contribution < -0.4 is 3.13 Å². The van der Waals surface area contributed by atoms with Gasteiger partial charge in [0.2, 0.25) is 0 Å². The third-order valence-corrected chi connectivity index (χ3v) is 1.95. The summed E-state index contributed by atoms with van der Waals surface area (Å²) < 4.78 is 2.39. The number of rotatable bonds is 2. The summed E-state index contributed by atoms with van der Waals surface area (Å²) in [5.41, 5.74) is 0. The van der Waals surface area contributed by atoms with E-state index in [0.717, 1.165) is 0 Å². The van der Waals surface area contributed by atoms with Gasteiger partial charge in [0.25, 0.3) is 0 Å². The second-order valence-electron chi connectivity index (χ2n) is 0.357. The third kappa shape index (κ3) is 4.68. The molecule has 2 nitrogen and oxygen atoms in total. The van der Waals surface area contributed by atoms with Crippen molar-refractivity contribution < 1.29 is 4.79 Å². The van der Waals surface area contributed by atoms with Crippen molar-refractivity contribution in [3.63, 3.8) is 0 Å². The van der Waals surface area contributed by atoms with E-state index < -0.39 is 23.3 Å². The molecule has 0 aromatic heterocycles. The van der Waals surface area contributed by atoms with Gasteiger partial charge in [-0.25, -0.2) is 0 Å². The van der Waals surface area contributed by atoms with E-state index in [0.29, 0.717) is 6.41 Å². The standard InChI is InChI=1S/CH3NO.ClH.Pb/c2-1-3;;/h1H,(H2,2,3);1H;/q;;+2/p-2. The number of hydrogen-bond donors (Lipinski definition) is 1. The van der Waals surface area contributed by atoms with E-state index in [9.17, 15) is 4.79 Å². The molecule has 0 aromatic carbocycles. The molecule has 0 rings (SSSR count). The summed E-state index contributed by atoms with van der Waals surface area (Å²) in [5, 5.41) is 0. The average molecular weight is 287 g/mol. The summed E-state index contributed by atoms with van der Waals surface area (Å²) in [6.07, 6.45) is 0.635. The molecule has 0 saturated heterocycles. The van der Waals surface area contributed by atoms with E-state index >= 15 is 0 Å². The molecule has 1 amide bonds. The van der Waals surface area contributed by atoms with E-state index in [2.05, 4.69) is 3.13 Å². The van der Waals surface area contributed by atoms with Gasteiger partial charge in [-0.1, -0.05) is 0 Å². The first-order valence-corrected chi connectivity index (χ1v) is 7.69. The van der Waals surface area contributed by atoms with E-state index in [1.54, 1.807) is 0 Å². The van der Waals surface area contributed by atoms with Gasteiger partial charge in [0.15, 0.2) is 0 Å². The van der Waals surface area contributed by atoms with Crippen molar-refractivity contribution in [3.05, 3.63) is 0 Å². The molecule has 0 aliphatic rings. The van der Waals surface area contributed by atoms with Crippen LogP contribution in [0.5, 0.6) is 0 Å². The zero-order chi connectivity index (χ0) is 4.12. The number of carbonyl (C=O) groups is 1. The molecule has 1 N–H and O–H groups in total. The van der Waals surface area contributed by atoms with Crippen molar-refractivity contribution >= 4 is 38.0 Å². The first-order valence-electron chi connectivity index (χ1n) is 0.963. The molecule has 0 aliphatic carbocycles. The van der Waals surface area contributed by atoms with E-state index in [-0.39, 0.29) is 0 Å². The maximum absolute atomic E-state index is 9.26. The molecule has 0 saturated carbocycles. The van der Waals surface area contributed by atoms with Gasteiger partial charge >= 0.3 is 46.0 Å². The monoisotopic (exact) mass is 287 g/mol. The predicted octanol–water partition coefficient (Wildman–Crippen LogP) is -0.495. The Morgan fingerprint density at radius 1 is 2.00 bits per heavy atom. The van der Waals surface area contributed by atoms with Crippen LogP contribution in [0.3, 0.4) is 0 Å². The SMILES string of the molecule is O=C[NH][Pb][Cl]. The van der Waals surface area contributed by atoms with Gasteiger partial charge in [-0.3, -0.25) is 0 Å². The Morgan fingerprint density at radius 3 is 2.60 bits per heavy atom. The van der Waals surface area contributed by atoms with Crippen LogP contribution in [-0.4, -0.2) is 29.7 Å². The van der Waals surface area contributed by atoms with Crippen LogP contribution in [0, 0.1) is 0 Å². The summed E-state index contributed by atoms with van der Waals surface area (Å²) >= 11 is -1.10. The van der Waals surface area contributed by atoms with Crippen LogP contribution in [0.15, 0.2) is 0 Å². The Kier molecular flexibility index (Phi) is 5.32. The number of amides is 1. The van der Waals surface area contributed by atoms with Crippen molar-refractivity contribution in [1.82, 2.24) is 3.13 Å². The average Bonchev–Trinajstić information content (AvgIpc) is 1.41. The van der Waals surface area contributed by atoms with Gasteiger partial charge in [0.1, 0.15) is 0 Å². The number of halogens is 1. The van der Waals surface area contributed by atoms with Crippen molar-refractivity contribution in [2.75, 3.05) is 0 Å². The van der Waals surface area contributed by atoms with E-state index in [4.69, 9.17) is 8.32 Å². The fourth-order valence-electron chi connectivity index (χ4n) is 0.0223. The third-order valence-electron chi connectivity index (χ3n) is 0.113. The van der Waals surface area contributed by atoms with Crippen LogP contribution in [0.25, 0.3) is 0 Å². The van der Waals surface area contributed by atoms with Crippen LogP contribution in [-0.2, 0) is 4.79 Å². The summed E-state index contributed by atoms with van der Waals surface area (Å²) in [4.78, 5) is 9.26. The Morgan fingerprint density at radius 2 is 2.60 bits per heavy atom. The maximum atomic E-state index is 9.26. The number of hydrogen-bond acceptors (Lipinski definition) is 1. The number of carbonyl (C=O) groups excluding carboxylic acids is 1. The topological polar surface area (TPSA) is 29.1 Å². The second-order valence-corrected chi connectivity index (χ2v) is 3.87. The molecule has 4 heteroatoms. The van der Waals surface area contributed by atoms with E-state index in [1.807, 2.05) is 0 Å². The molecule has 0 fully saturated rings. The van der Waals surface area contributed by atoms with E-state index in [1.165, 1.54) is 0 Å². The van der Waals surface area contributed by atoms with Crippen molar-refractivity contribution in [2.45, 2.75) is 0 Å². The first kappa shape index (κ1) is 5.68. The summed E-state index contributed by atoms with van der Waals surface area (Å²) in [6.45, 7) is 0. The van der Waals surface area contributed by atoms with Crippen molar-refractivity contribution in [3.8, 4) is 0 Å². The zero-order valence-electron chi connectivity index (χ0n) is 2.36. The minimum absolute atomic E-state index is 0.635. The van der Waals surface area contributed by atoms with Gasteiger partial charge in [-0.05, 0) is 0 Å². The van der Waals surface area contributed by atoms with Crippen molar-refractivity contribution in [2.24, 2.45) is 0 Å². The van der Waals surface area contributed by atoms with Crippen LogP contribution in [0.1, 0.15) is 0 Å². The molecule has 0 atom stereocenters. The molecule has 0 unspecified atom stereocenters. The molecule has 0 spiro atoms. The van der Waals surface area contributed by atoms with Crippen LogP contribution in [0.2, 0.25) is 0 Å². The molecule has 28 valence electrons. The predicted molar refractivity (Wildman–Crippen MR) is 20.8 cm³/mol. The summed E-state index contributed by atoms with van der Waals surface area (Å²) in [7, 11) is 5.15. The van der Waals surface area contributed by atoms with Crippen LogP contribution >= 0.6 is 8.32 Å². The quantitative estimate of drug-likeness (QED) is 0.538. The van der Waals surface area contributed by atoms with Crippen molar-refractivity contribution in [1.29, 1.82) is 0 Å². The molecule has 0 heterocycles. The molecule has 0 bridgehead atoms. The van der Waals surface area contributed by atoms with Gasteiger partial charge in [-0.15, -0.1) is 0 Å². The Labute approximate surface area is 46.0 Å². The second kappa shape index (κ2) is 4.68. The molecule has 0 aromatic rings. The minimum atomic E-state index is -1.10. The molecule has 2 radical (unpaired) electrons. The molecule has 5 heavy (non-hydrogen) atoms. The normalized spacial score (nSPS) is 6.60. The van der Waals surface area contributed by atoms with Gasteiger partial charge in [0.05, 0.1) is 0 Å². The molecule has 0 aliphatic heterocycles. The molecular weight excluding hydrogens is 285 g/mol. The summed E-state index contributed by atoms with van der Waals surface area (Å²) in [6, 6.07) is 0. The van der Waals surface area contributed by atoms with Gasteiger partial charge in [0, 0.05) is 0 Å². The fraction of sp³-hybridized carbons (Fsp3) is 0. The Hall–Kier alpha value is 0.682. The first-order chi connectivity index (χ1) is 2.41. The Bertz CT molecular complexity index is 32.8. The Balaban J connectivity index is 2.40. The molecular formula is CH2ClNOPb. The van der Waals surface area contributed by atoms with Gasteiger partial charge < -0.3 is 0 Å². The van der Waals surface area contributed by atoms with Gasteiger partial charge in [-0.2, -0.15) is 0 Å². The zero-order valence-corrected chi connectivity index (χ0v) is 7.01. The summed E-state index contributed by atoms with van der Waals surface area (Å²) in [5.74, 6) is 0. The number of nitrogens with one attached hydrogen (secondary N) is 1.